The zero-order valence-electron chi connectivity index (χ0n) is 15.0. The summed E-state index contributed by atoms with van der Waals surface area (Å²) >= 11 is 0. The van der Waals surface area contributed by atoms with E-state index in [0.29, 0.717) is 12.0 Å². The summed E-state index contributed by atoms with van der Waals surface area (Å²) in [5.41, 5.74) is 0.887. The van der Waals surface area contributed by atoms with Crippen molar-refractivity contribution in [2.24, 2.45) is 5.92 Å². The van der Waals surface area contributed by atoms with Gasteiger partial charge < -0.3 is 10.1 Å². The Balaban J connectivity index is 1.90. The quantitative estimate of drug-likeness (QED) is 0.921. The number of nitrogens with zero attached hydrogens (tertiary/aromatic N) is 1. The molecular weight excluding hydrogens is 288 g/mol. The van der Waals surface area contributed by atoms with Crippen molar-refractivity contribution in [1.82, 2.24) is 10.2 Å². The summed E-state index contributed by atoms with van der Waals surface area (Å²) in [6.45, 7) is 12.1. The molecule has 0 aromatic heterocycles. The lowest BCUT2D eigenvalue weighted by atomic mass is 9.87. The first kappa shape index (κ1) is 17.8. The minimum atomic E-state index is -0.451. The van der Waals surface area contributed by atoms with Gasteiger partial charge in [-0.15, -0.1) is 0 Å². The number of alkyl carbamates (subject to hydrolysis) is 1. The van der Waals surface area contributed by atoms with E-state index in [1.807, 2.05) is 26.8 Å². The van der Waals surface area contributed by atoms with Gasteiger partial charge in [0.2, 0.25) is 0 Å². The van der Waals surface area contributed by atoms with Crippen LogP contribution in [0.2, 0.25) is 0 Å². The third-order valence-corrected chi connectivity index (χ3v) is 4.63. The van der Waals surface area contributed by atoms with Crippen LogP contribution in [0.1, 0.15) is 46.6 Å². The van der Waals surface area contributed by atoms with Gasteiger partial charge in [0.15, 0.2) is 0 Å². The Kier molecular flexibility index (Phi) is 5.69. The monoisotopic (exact) mass is 318 g/mol. The van der Waals surface area contributed by atoms with Crippen LogP contribution in [0.15, 0.2) is 30.3 Å². The maximum atomic E-state index is 12.0. The van der Waals surface area contributed by atoms with Crippen molar-refractivity contribution in [3.05, 3.63) is 35.9 Å². The van der Waals surface area contributed by atoms with Gasteiger partial charge in [0, 0.05) is 25.2 Å². The van der Waals surface area contributed by atoms with E-state index in [4.69, 9.17) is 4.74 Å². The summed E-state index contributed by atoms with van der Waals surface area (Å²) in [6.07, 6.45) is 0.649. The second kappa shape index (κ2) is 7.35. The Morgan fingerprint density at radius 1 is 1.26 bits per heavy atom. The highest BCUT2D eigenvalue weighted by atomic mass is 16.6. The number of likely N-dealkylation sites (tertiary alicyclic amines) is 1. The van der Waals surface area contributed by atoms with Gasteiger partial charge in [-0.3, -0.25) is 4.90 Å². The normalized spacial score (nSPS) is 25.9. The van der Waals surface area contributed by atoms with Crippen LogP contribution in [0.4, 0.5) is 4.79 Å². The smallest absolute Gasteiger partial charge is 0.407 e. The predicted molar refractivity (Wildman–Crippen MR) is 93.3 cm³/mol. The van der Waals surface area contributed by atoms with Gasteiger partial charge in [-0.2, -0.15) is 0 Å². The lowest BCUT2D eigenvalue weighted by molar-refractivity contribution is 0.0362. The van der Waals surface area contributed by atoms with Crippen molar-refractivity contribution in [3.63, 3.8) is 0 Å². The molecule has 1 fully saturated rings. The van der Waals surface area contributed by atoms with E-state index in [2.05, 4.69) is 48.3 Å². The molecule has 4 heteroatoms. The van der Waals surface area contributed by atoms with Crippen molar-refractivity contribution in [3.8, 4) is 0 Å². The molecule has 1 aromatic carbocycles. The minimum absolute atomic E-state index is 0.173. The molecule has 2 rings (SSSR count). The van der Waals surface area contributed by atoms with Gasteiger partial charge in [0.1, 0.15) is 5.60 Å². The molecule has 0 aliphatic carbocycles. The number of amides is 1. The predicted octanol–water partition coefficient (Wildman–Crippen LogP) is 3.81. The third-order valence-electron chi connectivity index (χ3n) is 4.63. The van der Waals surface area contributed by atoms with Gasteiger partial charge in [0.25, 0.3) is 0 Å². The molecule has 1 aromatic rings. The Bertz CT molecular complexity index is 510. The lowest BCUT2D eigenvalue weighted by Crippen LogP contribution is -2.54. The second-order valence-electron chi connectivity index (χ2n) is 7.60. The van der Waals surface area contributed by atoms with Crippen LogP contribution in [0.3, 0.4) is 0 Å². The Morgan fingerprint density at radius 3 is 2.52 bits per heavy atom. The molecule has 1 heterocycles. The summed E-state index contributed by atoms with van der Waals surface area (Å²) in [7, 11) is 0. The maximum absolute atomic E-state index is 12.0. The van der Waals surface area contributed by atoms with E-state index in [0.717, 1.165) is 19.5 Å². The molecule has 4 nitrogen and oxygen atoms in total. The Morgan fingerprint density at radius 2 is 1.91 bits per heavy atom. The fourth-order valence-corrected chi connectivity index (χ4v) is 3.14. The van der Waals surface area contributed by atoms with Crippen LogP contribution >= 0.6 is 0 Å². The average Bonchev–Trinajstić information content (AvgIpc) is 2.46. The number of carbonyl (C=O) groups excluding carboxylic acids is 1. The van der Waals surface area contributed by atoms with Gasteiger partial charge in [-0.1, -0.05) is 37.3 Å². The zero-order chi connectivity index (χ0) is 17.0. The lowest BCUT2D eigenvalue weighted by Gasteiger charge is -2.43. The average molecular weight is 318 g/mol. The van der Waals surface area contributed by atoms with Crippen molar-refractivity contribution >= 4 is 6.09 Å². The second-order valence-corrected chi connectivity index (χ2v) is 7.60. The fraction of sp³-hybridized carbons (Fsp3) is 0.632. The first-order valence-corrected chi connectivity index (χ1v) is 8.54. The van der Waals surface area contributed by atoms with E-state index in [9.17, 15) is 4.79 Å². The van der Waals surface area contributed by atoms with E-state index in [-0.39, 0.29) is 12.1 Å². The minimum Gasteiger partial charge on any atom is -0.444 e. The van der Waals surface area contributed by atoms with Crippen molar-refractivity contribution in [2.45, 2.75) is 65.3 Å². The number of hydrogen-bond donors (Lipinski definition) is 1. The molecule has 128 valence electrons. The third kappa shape index (κ3) is 5.24. The zero-order valence-corrected chi connectivity index (χ0v) is 15.0. The Hall–Kier alpha value is -1.55. The van der Waals surface area contributed by atoms with E-state index >= 15 is 0 Å². The molecule has 0 unspecified atom stereocenters. The molecule has 0 saturated carbocycles. The number of carbonyl (C=O) groups is 1. The molecule has 1 aliphatic heterocycles. The van der Waals surface area contributed by atoms with Gasteiger partial charge >= 0.3 is 6.09 Å². The van der Waals surface area contributed by atoms with Crippen LogP contribution in [0.25, 0.3) is 0 Å². The van der Waals surface area contributed by atoms with Crippen molar-refractivity contribution in [1.29, 1.82) is 0 Å². The van der Waals surface area contributed by atoms with E-state index in [1.54, 1.807) is 0 Å². The number of piperidine rings is 1. The molecule has 0 spiro atoms. The summed E-state index contributed by atoms with van der Waals surface area (Å²) in [5, 5.41) is 3.05. The Labute approximate surface area is 140 Å². The van der Waals surface area contributed by atoms with Gasteiger partial charge in [-0.05, 0) is 45.6 Å². The number of rotatable bonds is 3. The number of hydrogen-bond acceptors (Lipinski definition) is 3. The first-order chi connectivity index (χ1) is 10.8. The number of ether oxygens (including phenoxy) is 1. The molecule has 1 amide bonds. The van der Waals surface area contributed by atoms with Gasteiger partial charge in [-0.25, -0.2) is 4.79 Å². The molecule has 1 N–H and O–H groups in total. The molecule has 23 heavy (non-hydrogen) atoms. The molecular formula is C19H30N2O2. The largest absolute Gasteiger partial charge is 0.444 e. The SMILES string of the molecule is C[C@@H]1[C@@H](NC(=O)OC(C)(C)C)CCN(Cc2ccccc2)[C@H]1C. The molecule has 1 aliphatic rings. The van der Waals surface area contributed by atoms with Crippen molar-refractivity contribution in [2.75, 3.05) is 6.54 Å². The standard InChI is InChI=1S/C19H30N2O2/c1-14-15(2)21(13-16-9-7-6-8-10-16)12-11-17(14)20-18(22)23-19(3,4)5/h6-10,14-15,17H,11-13H2,1-5H3,(H,20,22)/t14-,15-,17-/m0/s1. The fourth-order valence-electron chi connectivity index (χ4n) is 3.14. The van der Waals surface area contributed by atoms with E-state index < -0.39 is 5.60 Å². The molecule has 0 bridgehead atoms. The molecule has 0 radical (unpaired) electrons. The highest BCUT2D eigenvalue weighted by molar-refractivity contribution is 5.68. The number of nitrogens with one attached hydrogen (secondary N) is 1. The van der Waals surface area contributed by atoms with Crippen LogP contribution in [-0.2, 0) is 11.3 Å². The number of benzene rings is 1. The summed E-state index contributed by atoms with van der Waals surface area (Å²) in [5.74, 6) is 0.389. The van der Waals surface area contributed by atoms with Crippen LogP contribution in [0, 0.1) is 5.92 Å². The summed E-state index contributed by atoms with van der Waals surface area (Å²) < 4.78 is 5.38. The molecule has 1 saturated heterocycles. The van der Waals surface area contributed by atoms with Crippen LogP contribution in [-0.4, -0.2) is 35.2 Å². The van der Waals surface area contributed by atoms with Gasteiger partial charge in [0.05, 0.1) is 0 Å². The highest BCUT2D eigenvalue weighted by Crippen LogP contribution is 2.25. The van der Waals surface area contributed by atoms with Crippen LogP contribution < -0.4 is 5.32 Å². The van der Waals surface area contributed by atoms with Crippen molar-refractivity contribution < 1.29 is 9.53 Å². The van der Waals surface area contributed by atoms with E-state index in [1.165, 1.54) is 5.56 Å². The van der Waals surface area contributed by atoms with Crippen LogP contribution in [0.5, 0.6) is 0 Å². The molecule has 3 atom stereocenters. The summed E-state index contributed by atoms with van der Waals surface area (Å²) in [6, 6.07) is 11.1. The maximum Gasteiger partial charge on any atom is 0.407 e. The first-order valence-electron chi connectivity index (χ1n) is 8.54. The summed E-state index contributed by atoms with van der Waals surface area (Å²) in [4.78, 5) is 14.5. The highest BCUT2D eigenvalue weighted by Gasteiger charge is 2.34. The topological polar surface area (TPSA) is 41.6 Å².